The van der Waals surface area contributed by atoms with E-state index in [-0.39, 0.29) is 11.8 Å². The lowest BCUT2D eigenvalue weighted by molar-refractivity contribution is 0.0533. The first-order valence-electron chi connectivity index (χ1n) is 4.25. The second kappa shape index (κ2) is 5.21. The number of ether oxygens (including phenoxy) is 1. The van der Waals surface area contributed by atoms with Crippen molar-refractivity contribution in [3.05, 3.63) is 4.88 Å². The number of rotatable bonds is 4. The van der Waals surface area contributed by atoms with Crippen LogP contribution < -0.4 is 5.73 Å². The third-order valence-corrected chi connectivity index (χ3v) is 3.44. The Bertz CT molecular complexity index is 325. The summed E-state index contributed by atoms with van der Waals surface area (Å²) in [4.78, 5) is 15.8. The zero-order chi connectivity index (χ0) is 10.6. The van der Waals surface area contributed by atoms with Gasteiger partial charge in [0.05, 0.1) is 6.61 Å². The van der Waals surface area contributed by atoms with Crippen LogP contribution in [0.5, 0.6) is 0 Å². The minimum Gasteiger partial charge on any atom is -0.462 e. The van der Waals surface area contributed by atoms with E-state index in [1.54, 1.807) is 18.7 Å². The molecule has 0 aliphatic heterocycles. The Hall–Kier alpha value is -0.750. The van der Waals surface area contributed by atoms with E-state index in [0.717, 1.165) is 10.1 Å². The van der Waals surface area contributed by atoms with Gasteiger partial charge in [0, 0.05) is 0 Å². The molecule has 0 radical (unpaired) electrons. The Labute approximate surface area is 90.9 Å². The highest BCUT2D eigenvalue weighted by Crippen LogP contribution is 2.29. The number of carbonyl (C=O) groups is 1. The van der Waals surface area contributed by atoms with Gasteiger partial charge in [0.15, 0.2) is 15.0 Å². The summed E-state index contributed by atoms with van der Waals surface area (Å²) in [5.74, 6) is 0.796. The highest BCUT2D eigenvalue weighted by Gasteiger charge is 2.16. The number of anilines is 1. The van der Waals surface area contributed by atoms with Crippen molar-refractivity contribution < 1.29 is 9.53 Å². The van der Waals surface area contributed by atoms with Crippen molar-refractivity contribution in [2.24, 2.45) is 0 Å². The summed E-state index contributed by atoms with van der Waals surface area (Å²) in [5, 5.41) is 0. The molecule has 0 fully saturated rings. The normalized spacial score (nSPS) is 10.1. The molecule has 0 bridgehead atoms. The van der Waals surface area contributed by atoms with Gasteiger partial charge in [-0.25, -0.2) is 9.78 Å². The van der Waals surface area contributed by atoms with Crippen molar-refractivity contribution in [1.82, 2.24) is 4.98 Å². The molecule has 1 aromatic heterocycles. The van der Waals surface area contributed by atoms with Crippen LogP contribution in [0.25, 0.3) is 0 Å². The maximum absolute atomic E-state index is 11.3. The fourth-order valence-corrected chi connectivity index (χ4v) is 2.70. The molecule has 0 spiro atoms. The van der Waals surface area contributed by atoms with Crippen LogP contribution in [-0.4, -0.2) is 23.3 Å². The summed E-state index contributed by atoms with van der Waals surface area (Å²) in [6.07, 6.45) is 0. The lowest BCUT2D eigenvalue weighted by Gasteiger charge is -1.97. The fraction of sp³-hybridized carbons (Fsp3) is 0.500. The van der Waals surface area contributed by atoms with Crippen LogP contribution in [0.1, 0.15) is 23.5 Å². The topological polar surface area (TPSA) is 65.2 Å². The number of hydrogen-bond donors (Lipinski definition) is 1. The number of nitrogens with two attached hydrogens (primary N) is 1. The van der Waals surface area contributed by atoms with E-state index >= 15 is 0 Å². The molecule has 2 N–H and O–H groups in total. The Morgan fingerprint density at radius 3 is 2.93 bits per heavy atom. The Balaban J connectivity index is 2.81. The summed E-state index contributed by atoms with van der Waals surface area (Å²) in [5.41, 5.74) is 5.59. The average molecular weight is 232 g/mol. The van der Waals surface area contributed by atoms with Crippen LogP contribution in [0.4, 0.5) is 5.82 Å². The van der Waals surface area contributed by atoms with Gasteiger partial charge >= 0.3 is 5.97 Å². The van der Waals surface area contributed by atoms with Crippen LogP contribution >= 0.6 is 23.1 Å². The quantitative estimate of drug-likeness (QED) is 0.635. The van der Waals surface area contributed by atoms with Crippen LogP contribution in [0.15, 0.2) is 4.34 Å². The first kappa shape index (κ1) is 11.3. The SMILES string of the molecule is CCOC(=O)c1sc(SCC)nc1N. The summed E-state index contributed by atoms with van der Waals surface area (Å²) in [7, 11) is 0. The number of nitrogens with zero attached hydrogens (tertiary/aromatic N) is 1. The fourth-order valence-electron chi connectivity index (χ4n) is 0.840. The van der Waals surface area contributed by atoms with Gasteiger partial charge in [-0.1, -0.05) is 30.0 Å². The lowest BCUT2D eigenvalue weighted by Crippen LogP contribution is -2.05. The predicted octanol–water partition coefficient (Wildman–Crippen LogP) is 2.01. The van der Waals surface area contributed by atoms with Gasteiger partial charge in [0.2, 0.25) is 0 Å². The van der Waals surface area contributed by atoms with E-state index in [9.17, 15) is 4.79 Å². The monoisotopic (exact) mass is 232 g/mol. The summed E-state index contributed by atoms with van der Waals surface area (Å²) in [6, 6.07) is 0. The van der Waals surface area contributed by atoms with E-state index in [4.69, 9.17) is 10.5 Å². The average Bonchev–Trinajstić information content (AvgIpc) is 2.48. The molecular formula is C8H12N2O2S2. The third kappa shape index (κ3) is 2.62. The van der Waals surface area contributed by atoms with Crippen molar-refractivity contribution >= 4 is 34.9 Å². The Kier molecular flexibility index (Phi) is 4.21. The van der Waals surface area contributed by atoms with Gasteiger partial charge in [-0.2, -0.15) is 0 Å². The second-order valence-corrected chi connectivity index (χ2v) is 4.86. The van der Waals surface area contributed by atoms with Crippen molar-refractivity contribution in [2.45, 2.75) is 18.2 Å². The van der Waals surface area contributed by atoms with Crippen LogP contribution in [0.2, 0.25) is 0 Å². The van der Waals surface area contributed by atoms with Gasteiger partial charge in [0.1, 0.15) is 0 Å². The van der Waals surface area contributed by atoms with Crippen molar-refractivity contribution in [3.63, 3.8) is 0 Å². The number of esters is 1. The third-order valence-electron chi connectivity index (χ3n) is 1.36. The van der Waals surface area contributed by atoms with E-state index in [1.165, 1.54) is 11.3 Å². The van der Waals surface area contributed by atoms with E-state index in [0.29, 0.717) is 11.5 Å². The first-order chi connectivity index (χ1) is 6.69. The lowest BCUT2D eigenvalue weighted by atomic mass is 10.5. The molecule has 1 heterocycles. The largest absolute Gasteiger partial charge is 0.462 e. The van der Waals surface area contributed by atoms with Gasteiger partial charge in [-0.05, 0) is 12.7 Å². The molecule has 0 amide bonds. The maximum atomic E-state index is 11.3. The Morgan fingerprint density at radius 2 is 2.36 bits per heavy atom. The Morgan fingerprint density at radius 1 is 1.64 bits per heavy atom. The molecule has 1 aromatic rings. The first-order valence-corrected chi connectivity index (χ1v) is 6.05. The molecular weight excluding hydrogens is 220 g/mol. The molecule has 0 saturated heterocycles. The highest BCUT2D eigenvalue weighted by atomic mass is 32.2. The summed E-state index contributed by atoms with van der Waals surface area (Å²) >= 11 is 2.85. The summed E-state index contributed by atoms with van der Waals surface area (Å²) < 4.78 is 5.66. The molecule has 6 heteroatoms. The number of thiazole rings is 1. The number of carbonyl (C=O) groups excluding carboxylic acids is 1. The van der Waals surface area contributed by atoms with Crippen LogP contribution in [0.3, 0.4) is 0 Å². The highest BCUT2D eigenvalue weighted by molar-refractivity contribution is 8.01. The van der Waals surface area contributed by atoms with E-state index < -0.39 is 0 Å². The minimum absolute atomic E-state index is 0.268. The number of hydrogen-bond acceptors (Lipinski definition) is 6. The van der Waals surface area contributed by atoms with Crippen LogP contribution in [0, 0.1) is 0 Å². The zero-order valence-corrected chi connectivity index (χ0v) is 9.70. The number of thioether (sulfide) groups is 1. The standard InChI is InChI=1S/C8H12N2O2S2/c1-3-12-7(11)5-6(9)10-8(14-5)13-4-2/h3-4,9H2,1-2H3. The number of nitrogen functional groups attached to an aromatic ring is 1. The molecule has 78 valence electrons. The van der Waals surface area contributed by atoms with Crippen LogP contribution in [-0.2, 0) is 4.74 Å². The molecule has 0 aliphatic carbocycles. The molecule has 0 aliphatic rings. The molecule has 0 aromatic carbocycles. The molecule has 4 nitrogen and oxygen atoms in total. The molecule has 0 atom stereocenters. The van der Waals surface area contributed by atoms with E-state index in [2.05, 4.69) is 4.98 Å². The smallest absolute Gasteiger partial charge is 0.352 e. The predicted molar refractivity (Wildman–Crippen MR) is 58.9 cm³/mol. The van der Waals surface area contributed by atoms with Crippen molar-refractivity contribution in [1.29, 1.82) is 0 Å². The van der Waals surface area contributed by atoms with Gasteiger partial charge in [0.25, 0.3) is 0 Å². The molecule has 1 rings (SSSR count). The molecule has 0 unspecified atom stereocenters. The molecule has 14 heavy (non-hydrogen) atoms. The van der Waals surface area contributed by atoms with Gasteiger partial charge in [-0.15, -0.1) is 0 Å². The van der Waals surface area contributed by atoms with Crippen molar-refractivity contribution in [2.75, 3.05) is 18.1 Å². The summed E-state index contributed by atoms with van der Waals surface area (Å²) in [6.45, 7) is 4.13. The number of aromatic nitrogens is 1. The van der Waals surface area contributed by atoms with Gasteiger partial charge in [-0.3, -0.25) is 0 Å². The van der Waals surface area contributed by atoms with Crippen molar-refractivity contribution in [3.8, 4) is 0 Å². The maximum Gasteiger partial charge on any atom is 0.352 e. The minimum atomic E-state index is -0.384. The van der Waals surface area contributed by atoms with E-state index in [1.807, 2.05) is 6.92 Å². The second-order valence-electron chi connectivity index (χ2n) is 2.35. The zero-order valence-electron chi connectivity index (χ0n) is 8.07. The van der Waals surface area contributed by atoms with Gasteiger partial charge < -0.3 is 10.5 Å². The molecule has 0 saturated carbocycles.